The van der Waals surface area contributed by atoms with E-state index >= 15 is 0 Å². The van der Waals surface area contributed by atoms with Gasteiger partial charge in [-0.05, 0) is 42.8 Å². The summed E-state index contributed by atoms with van der Waals surface area (Å²) in [4.78, 5) is 15.0. The molecule has 1 amide bonds. The van der Waals surface area contributed by atoms with Crippen molar-refractivity contribution in [2.75, 3.05) is 4.90 Å². The fraction of sp³-hybridized carbons (Fsp3) is 0.0833. The number of amides is 1. The SMILES string of the molecule is Cc1ccc(-c2n[nH]c3c2[C@@H](c2ccccc2Cl)N(c2ccc(F)cc2)C3=O)cc1. The van der Waals surface area contributed by atoms with Gasteiger partial charge in [0, 0.05) is 21.8 Å². The minimum Gasteiger partial charge on any atom is -0.295 e. The van der Waals surface area contributed by atoms with E-state index in [-0.39, 0.29) is 11.7 Å². The lowest BCUT2D eigenvalue weighted by Gasteiger charge is -2.27. The number of rotatable bonds is 3. The normalized spacial score (nSPS) is 15.5. The summed E-state index contributed by atoms with van der Waals surface area (Å²) in [5.41, 5.74) is 5.30. The van der Waals surface area contributed by atoms with Crippen molar-refractivity contribution in [1.82, 2.24) is 10.2 Å². The Hall–Kier alpha value is -3.44. The highest BCUT2D eigenvalue weighted by molar-refractivity contribution is 6.31. The van der Waals surface area contributed by atoms with Gasteiger partial charge < -0.3 is 0 Å². The number of aryl methyl sites for hydroxylation is 1. The highest BCUT2D eigenvalue weighted by Crippen LogP contribution is 2.46. The van der Waals surface area contributed by atoms with Crippen LogP contribution in [0.4, 0.5) is 10.1 Å². The molecule has 1 N–H and O–H groups in total. The molecule has 2 heterocycles. The molecule has 4 aromatic rings. The van der Waals surface area contributed by atoms with Crippen molar-refractivity contribution in [1.29, 1.82) is 0 Å². The zero-order chi connectivity index (χ0) is 20.8. The van der Waals surface area contributed by atoms with Gasteiger partial charge in [0.2, 0.25) is 0 Å². The van der Waals surface area contributed by atoms with E-state index < -0.39 is 6.04 Å². The van der Waals surface area contributed by atoms with Gasteiger partial charge in [-0.15, -0.1) is 0 Å². The molecule has 4 nitrogen and oxygen atoms in total. The molecule has 0 bridgehead atoms. The summed E-state index contributed by atoms with van der Waals surface area (Å²) in [5, 5.41) is 7.93. The second-order valence-corrected chi connectivity index (χ2v) is 7.71. The van der Waals surface area contributed by atoms with E-state index in [2.05, 4.69) is 10.2 Å². The number of H-pyrrole nitrogens is 1. The number of benzene rings is 3. The van der Waals surface area contributed by atoms with Crippen molar-refractivity contribution >= 4 is 23.2 Å². The van der Waals surface area contributed by atoms with Gasteiger partial charge in [0.1, 0.15) is 11.5 Å². The van der Waals surface area contributed by atoms with E-state index in [1.807, 2.05) is 49.4 Å². The van der Waals surface area contributed by atoms with Crippen LogP contribution >= 0.6 is 11.6 Å². The summed E-state index contributed by atoms with van der Waals surface area (Å²) in [6, 6.07) is 20.8. The topological polar surface area (TPSA) is 49.0 Å². The molecule has 1 atom stereocenters. The van der Waals surface area contributed by atoms with Crippen molar-refractivity contribution in [2.45, 2.75) is 13.0 Å². The Bertz CT molecular complexity index is 1250. The van der Waals surface area contributed by atoms with Crippen LogP contribution in [0.15, 0.2) is 72.8 Å². The van der Waals surface area contributed by atoms with Crippen LogP contribution < -0.4 is 4.90 Å². The molecule has 0 radical (unpaired) electrons. The zero-order valence-electron chi connectivity index (χ0n) is 16.1. The predicted octanol–water partition coefficient (Wildman–Crippen LogP) is 5.93. The predicted molar refractivity (Wildman–Crippen MR) is 115 cm³/mol. The lowest BCUT2D eigenvalue weighted by atomic mass is 9.95. The molecule has 5 rings (SSSR count). The number of nitrogens with one attached hydrogen (secondary N) is 1. The van der Waals surface area contributed by atoms with Crippen molar-refractivity contribution in [2.24, 2.45) is 0 Å². The molecule has 6 heteroatoms. The quantitative estimate of drug-likeness (QED) is 0.449. The Morgan fingerprint density at radius 3 is 2.40 bits per heavy atom. The van der Waals surface area contributed by atoms with Gasteiger partial charge in [-0.2, -0.15) is 5.10 Å². The van der Waals surface area contributed by atoms with Gasteiger partial charge in [-0.3, -0.25) is 14.8 Å². The molecular weight excluding hydrogens is 401 g/mol. The monoisotopic (exact) mass is 417 g/mol. The Morgan fingerprint density at radius 1 is 1.00 bits per heavy atom. The maximum atomic E-state index is 13.5. The van der Waals surface area contributed by atoms with Crippen LogP contribution in [-0.2, 0) is 0 Å². The molecular formula is C24H17ClFN3O. The first-order chi connectivity index (χ1) is 14.5. The Morgan fingerprint density at radius 2 is 1.70 bits per heavy atom. The fourth-order valence-corrected chi connectivity index (χ4v) is 4.18. The molecule has 0 unspecified atom stereocenters. The van der Waals surface area contributed by atoms with Crippen LogP contribution in [0.5, 0.6) is 0 Å². The Balaban J connectivity index is 1.74. The van der Waals surface area contributed by atoms with Crippen LogP contribution in [0.3, 0.4) is 0 Å². The van der Waals surface area contributed by atoms with Crippen LogP contribution in [0.1, 0.15) is 33.2 Å². The van der Waals surface area contributed by atoms with Crippen molar-refractivity contribution < 1.29 is 9.18 Å². The van der Waals surface area contributed by atoms with E-state index in [1.54, 1.807) is 23.1 Å². The number of carbonyl (C=O) groups is 1. The number of nitrogens with zero attached hydrogens (tertiary/aromatic N) is 2. The first-order valence-corrected chi connectivity index (χ1v) is 9.91. The third kappa shape index (κ3) is 2.90. The van der Waals surface area contributed by atoms with Crippen molar-refractivity contribution in [3.8, 4) is 11.3 Å². The second-order valence-electron chi connectivity index (χ2n) is 7.30. The number of carbonyl (C=O) groups excluding carboxylic acids is 1. The van der Waals surface area contributed by atoms with Gasteiger partial charge in [0.15, 0.2) is 0 Å². The Kier molecular flexibility index (Phi) is 4.40. The lowest BCUT2D eigenvalue weighted by Crippen LogP contribution is -2.29. The molecule has 0 spiro atoms. The largest absolute Gasteiger partial charge is 0.295 e. The maximum Gasteiger partial charge on any atom is 0.277 e. The molecule has 1 aliphatic rings. The summed E-state index contributed by atoms with van der Waals surface area (Å²) >= 11 is 6.55. The van der Waals surface area contributed by atoms with Crippen LogP contribution in [0.25, 0.3) is 11.3 Å². The number of aromatic nitrogens is 2. The molecule has 0 aliphatic carbocycles. The number of halogens is 2. The van der Waals surface area contributed by atoms with E-state index in [9.17, 15) is 9.18 Å². The number of hydrogen-bond acceptors (Lipinski definition) is 2. The molecule has 148 valence electrons. The molecule has 30 heavy (non-hydrogen) atoms. The highest BCUT2D eigenvalue weighted by atomic mass is 35.5. The van der Waals surface area contributed by atoms with Crippen LogP contribution in [0.2, 0.25) is 5.02 Å². The number of hydrogen-bond donors (Lipinski definition) is 1. The molecule has 0 fully saturated rings. The summed E-state index contributed by atoms with van der Waals surface area (Å²) < 4.78 is 13.5. The maximum absolute atomic E-state index is 13.5. The van der Waals surface area contributed by atoms with Crippen LogP contribution in [0, 0.1) is 12.7 Å². The number of aromatic amines is 1. The standard InChI is InChI=1S/C24H17ClFN3O/c1-14-6-8-15(9-7-14)21-20-22(28-27-21)24(30)29(17-12-10-16(26)11-13-17)23(20)18-4-2-3-5-19(18)25/h2-13,23H,1H3,(H,27,28)/t23-/m1/s1. The molecule has 3 aromatic carbocycles. The van der Waals surface area contributed by atoms with Crippen molar-refractivity contribution in [3.63, 3.8) is 0 Å². The third-order valence-corrected chi connectivity index (χ3v) is 5.74. The third-order valence-electron chi connectivity index (χ3n) is 5.40. The average Bonchev–Trinajstić information content (AvgIpc) is 3.29. The molecule has 0 saturated carbocycles. The van der Waals surface area contributed by atoms with Crippen LogP contribution in [-0.4, -0.2) is 16.1 Å². The van der Waals surface area contributed by atoms with E-state index in [1.165, 1.54) is 12.1 Å². The summed E-state index contributed by atoms with van der Waals surface area (Å²) in [6.07, 6.45) is 0. The Labute approximate surface area is 177 Å². The van der Waals surface area contributed by atoms with E-state index in [4.69, 9.17) is 11.6 Å². The number of anilines is 1. The summed E-state index contributed by atoms with van der Waals surface area (Å²) in [5.74, 6) is -0.590. The lowest BCUT2D eigenvalue weighted by molar-refractivity contribution is 0.0988. The van der Waals surface area contributed by atoms with E-state index in [0.717, 1.165) is 22.3 Å². The second kappa shape index (κ2) is 7.11. The molecule has 1 aliphatic heterocycles. The van der Waals surface area contributed by atoms with Crippen molar-refractivity contribution in [3.05, 3.63) is 106 Å². The van der Waals surface area contributed by atoms with E-state index in [0.29, 0.717) is 22.1 Å². The highest BCUT2D eigenvalue weighted by Gasteiger charge is 2.43. The average molecular weight is 418 g/mol. The van der Waals surface area contributed by atoms with Gasteiger partial charge >= 0.3 is 0 Å². The minimum atomic E-state index is -0.485. The fourth-order valence-electron chi connectivity index (χ4n) is 3.94. The summed E-state index contributed by atoms with van der Waals surface area (Å²) in [7, 11) is 0. The first kappa shape index (κ1) is 18.6. The number of fused-ring (bicyclic) bond motifs is 1. The minimum absolute atomic E-state index is 0.229. The van der Waals surface area contributed by atoms with Gasteiger partial charge in [-0.25, -0.2) is 4.39 Å². The first-order valence-electron chi connectivity index (χ1n) is 9.53. The smallest absolute Gasteiger partial charge is 0.277 e. The summed E-state index contributed by atoms with van der Waals surface area (Å²) in [6.45, 7) is 2.02. The van der Waals surface area contributed by atoms with Gasteiger partial charge in [0.25, 0.3) is 5.91 Å². The molecule has 1 aromatic heterocycles. The molecule has 0 saturated heterocycles. The zero-order valence-corrected chi connectivity index (χ0v) is 16.8. The van der Waals surface area contributed by atoms with Gasteiger partial charge in [0.05, 0.1) is 11.7 Å². The van der Waals surface area contributed by atoms with Gasteiger partial charge in [-0.1, -0.05) is 59.6 Å².